The van der Waals surface area contributed by atoms with Crippen molar-refractivity contribution in [1.82, 2.24) is 20.3 Å². The average Bonchev–Trinajstić information content (AvgIpc) is 3.66. The van der Waals surface area contributed by atoms with Gasteiger partial charge >= 0.3 is 6.03 Å². The topological polar surface area (TPSA) is 114 Å². The Bertz CT molecular complexity index is 1430. The maximum atomic E-state index is 13.2. The van der Waals surface area contributed by atoms with Gasteiger partial charge in [-0.25, -0.2) is 28.2 Å². The number of urea groups is 1. The van der Waals surface area contributed by atoms with Crippen LogP contribution in [0.4, 0.5) is 10.5 Å². The van der Waals surface area contributed by atoms with Crippen LogP contribution >= 0.6 is 0 Å². The molecule has 1 fully saturated rings. The standard InChI is InChI=1S/C26H29N5O4S/c1-26(2)14-31(25(32)27-13-16-5-9-18(10-6-16)36(4,33)34)20-12-11-19(30-23(20)26)21-22(17-7-8-17)28-15-29-24(21)35-3/h5-6,9-12,15,17H,7-8,13-14H2,1-4H3,(H,27,32). The van der Waals surface area contributed by atoms with Crippen molar-refractivity contribution < 1.29 is 17.9 Å². The monoisotopic (exact) mass is 507 g/mol. The number of pyridine rings is 1. The fourth-order valence-corrected chi connectivity index (χ4v) is 5.25. The van der Waals surface area contributed by atoms with Crippen LogP contribution < -0.4 is 15.0 Å². The first kappa shape index (κ1) is 24.2. The highest BCUT2D eigenvalue weighted by molar-refractivity contribution is 7.90. The molecule has 2 aliphatic rings. The van der Waals surface area contributed by atoms with E-state index in [2.05, 4.69) is 29.1 Å². The first-order valence-electron chi connectivity index (χ1n) is 11.8. The maximum Gasteiger partial charge on any atom is 0.322 e. The molecule has 0 atom stereocenters. The second kappa shape index (κ2) is 8.85. The van der Waals surface area contributed by atoms with E-state index in [1.807, 2.05) is 12.1 Å². The van der Waals surface area contributed by atoms with E-state index in [1.165, 1.54) is 12.6 Å². The molecule has 2 amide bonds. The van der Waals surface area contributed by atoms with Crippen molar-refractivity contribution in [2.24, 2.45) is 0 Å². The Morgan fingerprint density at radius 2 is 1.86 bits per heavy atom. The summed E-state index contributed by atoms with van der Waals surface area (Å²) in [5, 5.41) is 2.94. The van der Waals surface area contributed by atoms with Crippen LogP contribution in [0.3, 0.4) is 0 Å². The second-order valence-corrected chi connectivity index (χ2v) is 12.0. The van der Waals surface area contributed by atoms with Gasteiger partial charge in [0.15, 0.2) is 9.84 Å². The number of aromatic nitrogens is 3. The normalized spacial score (nSPS) is 16.5. The smallest absolute Gasteiger partial charge is 0.322 e. The molecule has 0 saturated heterocycles. The van der Waals surface area contributed by atoms with Gasteiger partial charge in [-0.05, 0) is 42.7 Å². The van der Waals surface area contributed by atoms with Crippen molar-refractivity contribution >= 4 is 21.6 Å². The van der Waals surface area contributed by atoms with Crippen molar-refractivity contribution in [3.8, 4) is 17.1 Å². The van der Waals surface area contributed by atoms with E-state index in [0.717, 1.165) is 46.7 Å². The molecule has 10 heteroatoms. The molecule has 1 aromatic carbocycles. The Morgan fingerprint density at radius 3 is 2.50 bits per heavy atom. The van der Waals surface area contributed by atoms with E-state index in [1.54, 1.807) is 36.3 Å². The first-order valence-corrected chi connectivity index (χ1v) is 13.7. The van der Waals surface area contributed by atoms with E-state index in [0.29, 0.717) is 18.3 Å². The highest BCUT2D eigenvalue weighted by atomic mass is 32.2. The Hall–Kier alpha value is -3.53. The number of nitrogens with zero attached hydrogens (tertiary/aromatic N) is 4. The molecule has 36 heavy (non-hydrogen) atoms. The first-order chi connectivity index (χ1) is 17.1. The minimum Gasteiger partial charge on any atom is -0.480 e. The van der Waals surface area contributed by atoms with Crippen molar-refractivity contribution in [2.45, 2.75) is 49.5 Å². The number of hydrogen-bond acceptors (Lipinski definition) is 7. The predicted octanol–water partition coefficient (Wildman–Crippen LogP) is 3.84. The molecule has 1 saturated carbocycles. The third-order valence-electron chi connectivity index (χ3n) is 6.65. The van der Waals surface area contributed by atoms with Gasteiger partial charge in [0.25, 0.3) is 0 Å². The number of carbonyl (C=O) groups is 1. The quantitative estimate of drug-likeness (QED) is 0.539. The summed E-state index contributed by atoms with van der Waals surface area (Å²) in [6, 6.07) is 10.1. The lowest BCUT2D eigenvalue weighted by molar-refractivity contribution is 0.245. The van der Waals surface area contributed by atoms with Crippen molar-refractivity contribution in [3.05, 3.63) is 59.7 Å². The number of rotatable bonds is 6. The summed E-state index contributed by atoms with van der Waals surface area (Å²) in [5.74, 6) is 0.903. The number of nitrogens with one attached hydrogen (secondary N) is 1. The van der Waals surface area contributed by atoms with E-state index in [4.69, 9.17) is 9.72 Å². The lowest BCUT2D eigenvalue weighted by Gasteiger charge is -2.20. The lowest BCUT2D eigenvalue weighted by atomic mass is 9.91. The summed E-state index contributed by atoms with van der Waals surface area (Å²) < 4.78 is 28.9. The Labute approximate surface area is 210 Å². The summed E-state index contributed by atoms with van der Waals surface area (Å²) in [7, 11) is -1.66. The van der Waals surface area contributed by atoms with E-state index >= 15 is 0 Å². The van der Waals surface area contributed by atoms with Crippen molar-refractivity contribution in [2.75, 3.05) is 24.8 Å². The van der Waals surface area contributed by atoms with Gasteiger partial charge in [-0.2, -0.15) is 0 Å². The molecule has 3 aromatic rings. The molecule has 1 aliphatic carbocycles. The fourth-order valence-electron chi connectivity index (χ4n) is 4.62. The maximum absolute atomic E-state index is 13.2. The van der Waals surface area contributed by atoms with Gasteiger partial charge < -0.3 is 10.1 Å². The van der Waals surface area contributed by atoms with E-state index in [9.17, 15) is 13.2 Å². The Balaban J connectivity index is 1.39. The lowest BCUT2D eigenvalue weighted by Crippen LogP contribution is -2.41. The molecule has 0 radical (unpaired) electrons. The van der Waals surface area contributed by atoms with Crippen LogP contribution in [0.5, 0.6) is 5.88 Å². The average molecular weight is 508 g/mol. The minimum atomic E-state index is -3.26. The summed E-state index contributed by atoms with van der Waals surface area (Å²) >= 11 is 0. The number of carbonyl (C=O) groups excluding carboxylic acids is 1. The van der Waals surface area contributed by atoms with Gasteiger partial charge in [0.2, 0.25) is 5.88 Å². The second-order valence-electron chi connectivity index (χ2n) is 10.0. The summed E-state index contributed by atoms with van der Waals surface area (Å²) in [6.45, 7) is 4.90. The van der Waals surface area contributed by atoms with Crippen LogP contribution in [-0.2, 0) is 21.8 Å². The molecule has 188 valence electrons. The van der Waals surface area contributed by atoms with E-state index in [-0.39, 0.29) is 22.9 Å². The number of anilines is 1. The Morgan fingerprint density at radius 1 is 1.14 bits per heavy atom. The molecular weight excluding hydrogens is 478 g/mol. The van der Waals surface area contributed by atoms with Crippen LogP contribution in [0.25, 0.3) is 11.3 Å². The van der Waals surface area contributed by atoms with Gasteiger partial charge in [-0.1, -0.05) is 26.0 Å². The number of sulfone groups is 1. The van der Waals surface area contributed by atoms with Crippen molar-refractivity contribution in [3.63, 3.8) is 0 Å². The molecule has 5 rings (SSSR count). The number of amides is 2. The number of fused-ring (bicyclic) bond motifs is 1. The molecule has 9 nitrogen and oxygen atoms in total. The zero-order valence-electron chi connectivity index (χ0n) is 20.8. The molecule has 3 heterocycles. The van der Waals surface area contributed by atoms with Gasteiger partial charge in [-0.3, -0.25) is 4.90 Å². The van der Waals surface area contributed by atoms with Gasteiger partial charge in [0.05, 0.1) is 40.3 Å². The predicted molar refractivity (Wildman–Crippen MR) is 136 cm³/mol. The number of methoxy groups -OCH3 is 1. The molecule has 1 N–H and O–H groups in total. The number of benzene rings is 1. The summed E-state index contributed by atoms with van der Waals surface area (Å²) in [4.78, 5) is 28.9. The van der Waals surface area contributed by atoms with Crippen molar-refractivity contribution in [1.29, 1.82) is 0 Å². The molecule has 0 spiro atoms. The zero-order chi connectivity index (χ0) is 25.7. The van der Waals surface area contributed by atoms with Gasteiger partial charge in [-0.15, -0.1) is 0 Å². The summed E-state index contributed by atoms with van der Waals surface area (Å²) in [6.07, 6.45) is 4.89. The Kier molecular flexibility index (Phi) is 5.94. The van der Waals surface area contributed by atoms with Crippen LogP contribution in [0, 0.1) is 0 Å². The van der Waals surface area contributed by atoms with E-state index < -0.39 is 9.84 Å². The van der Waals surface area contributed by atoms with Gasteiger partial charge in [0.1, 0.15) is 6.33 Å². The molecular formula is C26H29N5O4S. The largest absolute Gasteiger partial charge is 0.480 e. The number of hydrogen-bond donors (Lipinski definition) is 1. The third-order valence-corrected chi connectivity index (χ3v) is 7.78. The van der Waals surface area contributed by atoms with Crippen LogP contribution in [0.1, 0.15) is 49.6 Å². The summed E-state index contributed by atoms with van der Waals surface area (Å²) in [5.41, 5.74) is 4.57. The number of ether oxygens (including phenoxy) is 1. The highest BCUT2D eigenvalue weighted by Gasteiger charge is 2.40. The zero-order valence-corrected chi connectivity index (χ0v) is 21.6. The van der Waals surface area contributed by atoms with Crippen LogP contribution in [0.15, 0.2) is 47.6 Å². The molecule has 2 aromatic heterocycles. The molecule has 0 bridgehead atoms. The minimum absolute atomic E-state index is 0.233. The van der Waals surface area contributed by atoms with Crippen LogP contribution in [-0.4, -0.2) is 49.3 Å². The fraction of sp³-hybridized carbons (Fsp3) is 0.385. The highest BCUT2D eigenvalue weighted by Crippen LogP contribution is 2.47. The van der Waals surface area contributed by atoms with Crippen LogP contribution in [0.2, 0.25) is 0 Å². The SMILES string of the molecule is COc1ncnc(C2CC2)c1-c1ccc2c(n1)C(C)(C)CN2C(=O)NCc1ccc(S(C)(=O)=O)cc1. The molecule has 0 unspecified atom stereocenters. The third kappa shape index (κ3) is 4.53. The van der Waals surface area contributed by atoms with Gasteiger partial charge in [0, 0.05) is 30.7 Å². The molecule has 1 aliphatic heterocycles.